The summed E-state index contributed by atoms with van der Waals surface area (Å²) >= 11 is 0. The standard InChI is InChI=1S/C47H30N2O2/c1-3-9-31(10-4-1)33-15-21-38(22-16-33)49(40-25-19-32-11-7-8-14-36(32)27-40)39-23-17-34(18-24-39)37-20-26-41-42-29-43-46(30-45(42)50-44(41)28-37)51-47(48-43)35-12-5-2-6-13-35/h1-30H. The third-order valence-electron chi connectivity index (χ3n) is 9.68. The average Bonchev–Trinajstić information content (AvgIpc) is 3.78. The van der Waals surface area contributed by atoms with Gasteiger partial charge in [0, 0.05) is 39.5 Å². The minimum absolute atomic E-state index is 0.608. The maximum Gasteiger partial charge on any atom is 0.227 e. The first-order valence-electron chi connectivity index (χ1n) is 17.1. The van der Waals surface area contributed by atoms with Gasteiger partial charge in [-0.15, -0.1) is 0 Å². The number of furan rings is 1. The van der Waals surface area contributed by atoms with Crippen molar-refractivity contribution in [2.45, 2.75) is 0 Å². The lowest BCUT2D eigenvalue weighted by Crippen LogP contribution is -2.09. The first kappa shape index (κ1) is 29.0. The van der Waals surface area contributed by atoms with Crippen LogP contribution in [0.4, 0.5) is 17.1 Å². The monoisotopic (exact) mass is 654 g/mol. The van der Waals surface area contributed by atoms with Crippen LogP contribution in [0.25, 0.3) is 77.5 Å². The Morgan fingerprint density at radius 2 is 0.922 bits per heavy atom. The predicted molar refractivity (Wildman–Crippen MR) is 210 cm³/mol. The molecule has 2 aromatic heterocycles. The number of benzene rings is 8. The summed E-state index contributed by atoms with van der Waals surface area (Å²) in [5, 5.41) is 4.50. The van der Waals surface area contributed by atoms with Crippen molar-refractivity contribution in [3.05, 3.63) is 182 Å². The van der Waals surface area contributed by atoms with Gasteiger partial charge in [0.1, 0.15) is 16.7 Å². The van der Waals surface area contributed by atoms with Crippen molar-refractivity contribution in [2.75, 3.05) is 4.90 Å². The molecule has 240 valence electrons. The molecular weight excluding hydrogens is 625 g/mol. The highest BCUT2D eigenvalue weighted by Crippen LogP contribution is 2.39. The number of hydrogen-bond acceptors (Lipinski definition) is 4. The fraction of sp³-hybridized carbons (Fsp3) is 0. The van der Waals surface area contributed by atoms with Crippen LogP contribution in [-0.2, 0) is 0 Å². The highest BCUT2D eigenvalue weighted by molar-refractivity contribution is 6.09. The maximum absolute atomic E-state index is 6.40. The fourth-order valence-corrected chi connectivity index (χ4v) is 7.08. The number of fused-ring (bicyclic) bond motifs is 5. The second kappa shape index (κ2) is 11.9. The third-order valence-corrected chi connectivity index (χ3v) is 9.68. The van der Waals surface area contributed by atoms with Gasteiger partial charge in [0.25, 0.3) is 0 Å². The van der Waals surface area contributed by atoms with Crippen LogP contribution in [-0.4, -0.2) is 4.98 Å². The molecule has 10 rings (SSSR count). The molecule has 2 heterocycles. The van der Waals surface area contributed by atoms with Crippen LogP contribution in [0.15, 0.2) is 191 Å². The molecule has 4 nitrogen and oxygen atoms in total. The van der Waals surface area contributed by atoms with Gasteiger partial charge in [-0.3, -0.25) is 0 Å². The van der Waals surface area contributed by atoms with Crippen LogP contribution in [0, 0.1) is 0 Å². The Balaban J connectivity index is 1.00. The topological polar surface area (TPSA) is 42.4 Å². The highest BCUT2D eigenvalue weighted by atomic mass is 16.4. The number of oxazole rings is 1. The minimum atomic E-state index is 0.608. The number of anilines is 3. The molecule has 51 heavy (non-hydrogen) atoms. The van der Waals surface area contributed by atoms with Crippen LogP contribution in [0.5, 0.6) is 0 Å². The van der Waals surface area contributed by atoms with Crippen molar-refractivity contribution in [1.29, 1.82) is 0 Å². The van der Waals surface area contributed by atoms with E-state index < -0.39 is 0 Å². The summed E-state index contributed by atoms with van der Waals surface area (Å²) in [5.41, 5.74) is 12.0. The molecular formula is C47H30N2O2. The molecule has 4 heteroatoms. The molecule has 0 amide bonds. The summed E-state index contributed by atoms with van der Waals surface area (Å²) in [5.74, 6) is 0.608. The van der Waals surface area contributed by atoms with Crippen molar-refractivity contribution < 1.29 is 8.83 Å². The van der Waals surface area contributed by atoms with E-state index in [0.717, 1.165) is 61.2 Å². The van der Waals surface area contributed by atoms with Gasteiger partial charge in [0.2, 0.25) is 5.89 Å². The molecule has 0 N–H and O–H groups in total. The molecule has 0 aliphatic carbocycles. The number of aromatic nitrogens is 1. The summed E-state index contributed by atoms with van der Waals surface area (Å²) in [4.78, 5) is 7.09. The number of rotatable bonds is 6. The third kappa shape index (κ3) is 5.22. The predicted octanol–water partition coefficient (Wildman–Crippen LogP) is 13.4. The molecule has 0 fully saturated rings. The van der Waals surface area contributed by atoms with Gasteiger partial charge in [-0.2, -0.15) is 0 Å². The fourth-order valence-electron chi connectivity index (χ4n) is 7.08. The van der Waals surface area contributed by atoms with Gasteiger partial charge in [0.05, 0.1) is 0 Å². The van der Waals surface area contributed by atoms with E-state index in [1.165, 1.54) is 21.9 Å². The molecule has 10 aromatic rings. The quantitative estimate of drug-likeness (QED) is 0.179. The zero-order valence-corrected chi connectivity index (χ0v) is 27.5. The Bertz CT molecular complexity index is 2840. The number of hydrogen-bond donors (Lipinski definition) is 0. The molecule has 0 atom stereocenters. The van der Waals surface area contributed by atoms with Crippen molar-refractivity contribution >= 4 is 60.9 Å². The summed E-state index contributed by atoms with van der Waals surface area (Å²) in [7, 11) is 0. The summed E-state index contributed by atoms with van der Waals surface area (Å²) in [6.45, 7) is 0. The van der Waals surface area contributed by atoms with E-state index in [0.29, 0.717) is 11.5 Å². The van der Waals surface area contributed by atoms with Crippen LogP contribution >= 0.6 is 0 Å². The van der Waals surface area contributed by atoms with Crippen LogP contribution < -0.4 is 4.90 Å². The Labute approximate surface area is 294 Å². The molecule has 0 bridgehead atoms. The molecule has 0 saturated heterocycles. The molecule has 0 spiro atoms. The SMILES string of the molecule is c1ccc(-c2ccc(N(c3ccc(-c4ccc5c(c4)oc4cc6oc(-c7ccccc7)nc6cc45)cc3)c3ccc4ccccc4c3)cc2)cc1. The zero-order chi connectivity index (χ0) is 33.7. The van der Waals surface area contributed by atoms with Gasteiger partial charge < -0.3 is 13.7 Å². The van der Waals surface area contributed by atoms with Crippen molar-refractivity contribution in [3.8, 4) is 33.7 Å². The van der Waals surface area contributed by atoms with Crippen molar-refractivity contribution in [2.24, 2.45) is 0 Å². The normalized spacial score (nSPS) is 11.5. The average molecular weight is 655 g/mol. The van der Waals surface area contributed by atoms with Crippen molar-refractivity contribution in [1.82, 2.24) is 4.98 Å². The van der Waals surface area contributed by atoms with Crippen LogP contribution in [0.1, 0.15) is 0 Å². The van der Waals surface area contributed by atoms with Crippen LogP contribution in [0.3, 0.4) is 0 Å². The smallest absolute Gasteiger partial charge is 0.227 e. The summed E-state index contributed by atoms with van der Waals surface area (Å²) < 4.78 is 12.5. The lowest BCUT2D eigenvalue weighted by Gasteiger charge is -2.26. The van der Waals surface area contributed by atoms with Gasteiger partial charge in [0.15, 0.2) is 5.58 Å². The zero-order valence-electron chi connectivity index (χ0n) is 27.5. The highest BCUT2D eigenvalue weighted by Gasteiger charge is 2.16. The maximum atomic E-state index is 6.40. The van der Waals surface area contributed by atoms with E-state index in [9.17, 15) is 0 Å². The Kier molecular flexibility index (Phi) is 6.78. The molecule has 8 aromatic carbocycles. The van der Waals surface area contributed by atoms with Crippen LogP contribution in [0.2, 0.25) is 0 Å². The first-order chi connectivity index (χ1) is 25.2. The van der Waals surface area contributed by atoms with Gasteiger partial charge >= 0.3 is 0 Å². The molecule has 0 saturated carbocycles. The lowest BCUT2D eigenvalue weighted by atomic mass is 10.0. The van der Waals surface area contributed by atoms with Gasteiger partial charge in [-0.1, -0.05) is 109 Å². The molecule has 0 unspecified atom stereocenters. The minimum Gasteiger partial charge on any atom is -0.456 e. The largest absolute Gasteiger partial charge is 0.456 e. The molecule has 0 aliphatic rings. The Morgan fingerprint density at radius 3 is 1.65 bits per heavy atom. The summed E-state index contributed by atoms with van der Waals surface area (Å²) in [6.07, 6.45) is 0. The van der Waals surface area contributed by atoms with E-state index in [1.807, 2.05) is 36.4 Å². The van der Waals surface area contributed by atoms with Gasteiger partial charge in [-0.25, -0.2) is 4.98 Å². The van der Waals surface area contributed by atoms with E-state index in [1.54, 1.807) is 0 Å². The van der Waals surface area contributed by atoms with Gasteiger partial charge in [-0.05, 0) is 99.8 Å². The second-order valence-electron chi connectivity index (χ2n) is 12.8. The number of nitrogens with zero attached hydrogens (tertiary/aromatic N) is 2. The Morgan fingerprint density at radius 1 is 0.353 bits per heavy atom. The molecule has 0 radical (unpaired) electrons. The van der Waals surface area contributed by atoms with E-state index >= 15 is 0 Å². The molecule has 0 aliphatic heterocycles. The van der Waals surface area contributed by atoms with Crippen molar-refractivity contribution in [3.63, 3.8) is 0 Å². The Hall–Kier alpha value is -6.91. The van der Waals surface area contributed by atoms with E-state index in [4.69, 9.17) is 13.8 Å². The van der Waals surface area contributed by atoms with E-state index in [2.05, 4.69) is 150 Å². The lowest BCUT2D eigenvalue weighted by molar-refractivity contribution is 0.617. The first-order valence-corrected chi connectivity index (χ1v) is 17.1. The summed E-state index contributed by atoms with van der Waals surface area (Å²) in [6, 6.07) is 63.6. The second-order valence-corrected chi connectivity index (χ2v) is 12.8. The van der Waals surface area contributed by atoms with E-state index in [-0.39, 0.29) is 0 Å².